The van der Waals surface area contributed by atoms with Gasteiger partial charge in [0.1, 0.15) is 0 Å². The molecule has 0 saturated heterocycles. The van der Waals surface area contributed by atoms with E-state index in [0.29, 0.717) is 5.13 Å². The van der Waals surface area contributed by atoms with Crippen LogP contribution in [0.1, 0.15) is 20.8 Å². The smallest absolute Gasteiger partial charge is 0.349 e. The summed E-state index contributed by atoms with van der Waals surface area (Å²) in [6, 6.07) is 6.06. The van der Waals surface area contributed by atoms with E-state index in [-0.39, 0.29) is 10.0 Å². The Morgan fingerprint density at radius 2 is 2.11 bits per heavy atom. The molecule has 1 aromatic heterocycles. The molecule has 0 bridgehead atoms. The SMILES string of the molecule is Cc1ccc(N(C)c2nc(Cl)c(C(=O)O)s2)c(C)c1. The molecule has 0 spiro atoms. The van der Waals surface area contributed by atoms with Crippen molar-refractivity contribution >= 4 is 39.7 Å². The first-order valence-corrected chi connectivity index (χ1v) is 6.80. The molecular formula is C13H13ClN2O2S. The quantitative estimate of drug-likeness (QED) is 0.934. The minimum absolute atomic E-state index is 0.0316. The molecule has 2 rings (SSSR count). The van der Waals surface area contributed by atoms with Crippen LogP contribution >= 0.6 is 22.9 Å². The van der Waals surface area contributed by atoms with Gasteiger partial charge in [-0.3, -0.25) is 0 Å². The molecule has 100 valence electrons. The predicted octanol–water partition coefficient (Wildman–Crippen LogP) is 3.88. The first-order chi connectivity index (χ1) is 8.90. The van der Waals surface area contributed by atoms with Gasteiger partial charge in [-0.1, -0.05) is 40.6 Å². The summed E-state index contributed by atoms with van der Waals surface area (Å²) in [6.45, 7) is 4.03. The van der Waals surface area contributed by atoms with Gasteiger partial charge < -0.3 is 10.0 Å². The molecule has 1 heterocycles. The van der Waals surface area contributed by atoms with Crippen LogP contribution in [-0.4, -0.2) is 23.1 Å². The molecule has 0 fully saturated rings. The van der Waals surface area contributed by atoms with Crippen molar-refractivity contribution in [1.82, 2.24) is 4.98 Å². The maximum Gasteiger partial charge on any atom is 0.349 e. The second kappa shape index (κ2) is 5.19. The molecule has 19 heavy (non-hydrogen) atoms. The normalized spacial score (nSPS) is 10.5. The van der Waals surface area contributed by atoms with E-state index in [9.17, 15) is 4.79 Å². The fraction of sp³-hybridized carbons (Fsp3) is 0.231. The highest BCUT2D eigenvalue weighted by molar-refractivity contribution is 7.18. The molecule has 0 amide bonds. The Labute approximate surface area is 120 Å². The summed E-state index contributed by atoms with van der Waals surface area (Å²) in [4.78, 5) is 17.0. The lowest BCUT2D eigenvalue weighted by atomic mass is 10.1. The highest BCUT2D eigenvalue weighted by Crippen LogP contribution is 2.34. The van der Waals surface area contributed by atoms with Gasteiger partial charge in [-0.05, 0) is 25.5 Å². The van der Waals surface area contributed by atoms with Crippen LogP contribution in [0.2, 0.25) is 5.15 Å². The third kappa shape index (κ3) is 2.72. The number of aryl methyl sites for hydroxylation is 2. The summed E-state index contributed by atoms with van der Waals surface area (Å²) < 4.78 is 0. The number of aromatic nitrogens is 1. The van der Waals surface area contributed by atoms with Crippen LogP contribution in [0.3, 0.4) is 0 Å². The van der Waals surface area contributed by atoms with Crippen LogP contribution in [0.4, 0.5) is 10.8 Å². The van der Waals surface area contributed by atoms with Gasteiger partial charge in [0.05, 0.1) is 0 Å². The van der Waals surface area contributed by atoms with Gasteiger partial charge in [-0.25, -0.2) is 9.78 Å². The molecule has 1 aromatic carbocycles. The topological polar surface area (TPSA) is 53.4 Å². The summed E-state index contributed by atoms with van der Waals surface area (Å²) in [5, 5.41) is 9.59. The molecule has 0 radical (unpaired) electrons. The molecule has 0 aliphatic heterocycles. The summed E-state index contributed by atoms with van der Waals surface area (Å²) in [5.74, 6) is -1.05. The van der Waals surface area contributed by atoms with Gasteiger partial charge in [0.2, 0.25) is 0 Å². The Balaban J connectivity index is 2.41. The molecule has 0 atom stereocenters. The highest BCUT2D eigenvalue weighted by atomic mass is 35.5. The van der Waals surface area contributed by atoms with Crippen LogP contribution < -0.4 is 4.90 Å². The number of benzene rings is 1. The van der Waals surface area contributed by atoms with E-state index in [1.807, 2.05) is 37.9 Å². The zero-order valence-electron chi connectivity index (χ0n) is 10.8. The third-order valence-electron chi connectivity index (χ3n) is 2.77. The van der Waals surface area contributed by atoms with Crippen molar-refractivity contribution in [1.29, 1.82) is 0 Å². The highest BCUT2D eigenvalue weighted by Gasteiger charge is 2.19. The Morgan fingerprint density at radius 3 is 2.63 bits per heavy atom. The molecule has 4 nitrogen and oxygen atoms in total. The summed E-state index contributed by atoms with van der Waals surface area (Å²) >= 11 is 6.90. The van der Waals surface area contributed by atoms with Gasteiger partial charge in [0.25, 0.3) is 0 Å². The first kappa shape index (κ1) is 13.8. The lowest BCUT2D eigenvalue weighted by molar-refractivity contribution is 0.0702. The number of hydrogen-bond acceptors (Lipinski definition) is 4. The van der Waals surface area contributed by atoms with Crippen molar-refractivity contribution in [3.63, 3.8) is 0 Å². The number of nitrogens with zero attached hydrogens (tertiary/aromatic N) is 2. The van der Waals surface area contributed by atoms with E-state index < -0.39 is 5.97 Å². The third-order valence-corrected chi connectivity index (χ3v) is 4.27. The molecule has 0 saturated carbocycles. The number of thiazole rings is 1. The number of carboxylic acid groups (broad SMARTS) is 1. The fourth-order valence-corrected chi connectivity index (χ4v) is 2.95. The number of aromatic carboxylic acids is 1. The number of carboxylic acids is 1. The Morgan fingerprint density at radius 1 is 1.42 bits per heavy atom. The minimum atomic E-state index is -1.05. The van der Waals surface area contributed by atoms with Crippen LogP contribution in [0.25, 0.3) is 0 Å². The average molecular weight is 297 g/mol. The van der Waals surface area contributed by atoms with E-state index in [0.717, 1.165) is 22.6 Å². The largest absolute Gasteiger partial charge is 0.477 e. The van der Waals surface area contributed by atoms with E-state index in [1.165, 1.54) is 5.56 Å². The van der Waals surface area contributed by atoms with Crippen LogP contribution in [0, 0.1) is 13.8 Å². The second-order valence-corrected chi connectivity index (χ2v) is 5.61. The summed E-state index contributed by atoms with van der Waals surface area (Å²) in [7, 11) is 1.85. The van der Waals surface area contributed by atoms with Gasteiger partial charge in [-0.2, -0.15) is 0 Å². The number of anilines is 2. The average Bonchev–Trinajstić information content (AvgIpc) is 2.70. The van der Waals surface area contributed by atoms with Gasteiger partial charge in [0, 0.05) is 12.7 Å². The maximum absolute atomic E-state index is 11.0. The van der Waals surface area contributed by atoms with Crippen molar-refractivity contribution in [3.05, 3.63) is 39.4 Å². The van der Waals surface area contributed by atoms with E-state index >= 15 is 0 Å². The molecular weight excluding hydrogens is 284 g/mol. The van der Waals surface area contributed by atoms with Gasteiger partial charge >= 0.3 is 5.97 Å². The number of carbonyl (C=O) groups is 1. The maximum atomic E-state index is 11.0. The van der Waals surface area contributed by atoms with Crippen molar-refractivity contribution in [2.75, 3.05) is 11.9 Å². The standard InChI is InChI=1S/C13H13ClN2O2S/c1-7-4-5-9(8(2)6-7)16(3)13-15-11(14)10(19-13)12(17)18/h4-6H,1-3H3,(H,17,18). The molecule has 1 N–H and O–H groups in total. The predicted molar refractivity (Wildman–Crippen MR) is 78.1 cm³/mol. The van der Waals surface area contributed by atoms with E-state index in [4.69, 9.17) is 16.7 Å². The number of rotatable bonds is 3. The Bertz CT molecular complexity index is 640. The lowest BCUT2D eigenvalue weighted by Crippen LogP contribution is -2.10. The van der Waals surface area contributed by atoms with Gasteiger partial charge in [-0.15, -0.1) is 0 Å². The minimum Gasteiger partial charge on any atom is -0.477 e. The second-order valence-electron chi connectivity index (χ2n) is 4.27. The van der Waals surface area contributed by atoms with Crippen LogP contribution in [-0.2, 0) is 0 Å². The van der Waals surface area contributed by atoms with E-state index in [1.54, 1.807) is 0 Å². The lowest BCUT2D eigenvalue weighted by Gasteiger charge is -2.18. The van der Waals surface area contributed by atoms with Crippen molar-refractivity contribution in [3.8, 4) is 0 Å². The molecule has 0 unspecified atom stereocenters. The zero-order valence-corrected chi connectivity index (χ0v) is 12.3. The number of hydrogen-bond donors (Lipinski definition) is 1. The number of halogens is 1. The summed E-state index contributed by atoms with van der Waals surface area (Å²) in [6.07, 6.45) is 0. The Hall–Kier alpha value is -1.59. The fourth-order valence-electron chi connectivity index (χ4n) is 1.85. The first-order valence-electron chi connectivity index (χ1n) is 5.60. The van der Waals surface area contributed by atoms with Crippen LogP contribution in [0.5, 0.6) is 0 Å². The van der Waals surface area contributed by atoms with Crippen molar-refractivity contribution in [2.45, 2.75) is 13.8 Å². The van der Waals surface area contributed by atoms with Crippen LogP contribution in [0.15, 0.2) is 18.2 Å². The van der Waals surface area contributed by atoms with Gasteiger partial charge in [0.15, 0.2) is 15.2 Å². The molecule has 0 aliphatic carbocycles. The molecule has 0 aliphatic rings. The zero-order chi connectivity index (χ0) is 14.2. The van der Waals surface area contributed by atoms with E-state index in [2.05, 4.69) is 11.1 Å². The summed E-state index contributed by atoms with van der Waals surface area (Å²) in [5.41, 5.74) is 3.26. The Kier molecular flexibility index (Phi) is 3.78. The van der Waals surface area contributed by atoms with Crippen molar-refractivity contribution in [2.24, 2.45) is 0 Å². The molecule has 2 aromatic rings. The van der Waals surface area contributed by atoms with Crippen molar-refractivity contribution < 1.29 is 9.90 Å². The molecule has 6 heteroatoms. The monoisotopic (exact) mass is 296 g/mol.